The van der Waals surface area contributed by atoms with Crippen LogP contribution in [0.4, 0.5) is 5.69 Å². The van der Waals surface area contributed by atoms with Crippen molar-refractivity contribution < 1.29 is 14.3 Å². The largest absolute Gasteiger partial charge is 0.489 e. The lowest BCUT2D eigenvalue weighted by atomic mass is 9.98. The molecule has 4 aliphatic rings. The molecule has 3 fully saturated rings. The van der Waals surface area contributed by atoms with E-state index in [1.165, 1.54) is 12.8 Å². The minimum atomic E-state index is 0.0126. The van der Waals surface area contributed by atoms with Crippen molar-refractivity contribution in [3.05, 3.63) is 52.5 Å². The van der Waals surface area contributed by atoms with Gasteiger partial charge in [-0.15, -0.1) is 0 Å². The highest BCUT2D eigenvalue weighted by Crippen LogP contribution is 2.38. The number of nitrogens with zero attached hydrogens (tertiary/aromatic N) is 2. The molecular formula is C26H29ClN2O3S. The predicted octanol–water partition coefficient (Wildman–Crippen LogP) is 5.04. The normalized spacial score (nSPS) is 27.3. The van der Waals surface area contributed by atoms with Gasteiger partial charge in [0.15, 0.2) is 0 Å². The van der Waals surface area contributed by atoms with Gasteiger partial charge in [0.05, 0.1) is 5.02 Å². The van der Waals surface area contributed by atoms with Gasteiger partial charge < -0.3 is 19.3 Å². The summed E-state index contributed by atoms with van der Waals surface area (Å²) in [5.41, 5.74) is 2.62. The molecule has 6 rings (SSSR count). The van der Waals surface area contributed by atoms with Crippen LogP contribution in [0, 0.1) is 0 Å². The second kappa shape index (κ2) is 8.71. The maximum Gasteiger partial charge on any atom is 0.258 e. The number of amides is 1. The number of hydrogen-bond acceptors (Lipinski definition) is 5. The standard InChI is InChI=1S/C26H29ClN2O3S/c1-28-17-2-3-18(28)12-21(11-17)32-25-7-4-19(13-24(25)27)29-9-8-16-10-20(31-22-14-33-15-22)5-6-23(16)26(29)30/h4-7,10,13,17-18,21-22H,2-3,8-9,11-12,14-15H2,1H3/t17-,18+,21-. The minimum absolute atomic E-state index is 0.0126. The third kappa shape index (κ3) is 4.11. The topological polar surface area (TPSA) is 42.0 Å². The number of anilines is 1. The van der Waals surface area contributed by atoms with Crippen molar-refractivity contribution in [1.29, 1.82) is 0 Å². The molecule has 0 radical (unpaired) electrons. The molecule has 4 aliphatic heterocycles. The van der Waals surface area contributed by atoms with Gasteiger partial charge in [-0.3, -0.25) is 4.79 Å². The average molecular weight is 485 g/mol. The second-order valence-corrected chi connectivity index (χ2v) is 11.2. The summed E-state index contributed by atoms with van der Waals surface area (Å²) in [6.45, 7) is 0.628. The van der Waals surface area contributed by atoms with Gasteiger partial charge >= 0.3 is 0 Å². The maximum absolute atomic E-state index is 13.2. The van der Waals surface area contributed by atoms with Crippen molar-refractivity contribution in [2.24, 2.45) is 0 Å². The van der Waals surface area contributed by atoms with E-state index in [0.717, 1.165) is 59.1 Å². The van der Waals surface area contributed by atoms with Crippen LogP contribution in [0.3, 0.4) is 0 Å². The molecular weight excluding hydrogens is 456 g/mol. The summed E-state index contributed by atoms with van der Waals surface area (Å²) < 4.78 is 12.3. The molecule has 0 N–H and O–H groups in total. The molecule has 2 bridgehead atoms. The molecule has 0 spiro atoms. The van der Waals surface area contributed by atoms with E-state index in [0.29, 0.717) is 29.8 Å². The van der Waals surface area contributed by atoms with Gasteiger partial charge in [-0.1, -0.05) is 11.6 Å². The third-order valence-corrected chi connectivity index (χ3v) is 9.15. The minimum Gasteiger partial charge on any atom is -0.489 e. The van der Waals surface area contributed by atoms with Crippen molar-refractivity contribution in [3.63, 3.8) is 0 Å². The number of fused-ring (bicyclic) bond motifs is 3. The quantitative estimate of drug-likeness (QED) is 0.594. The van der Waals surface area contributed by atoms with Crippen molar-refractivity contribution >= 4 is 35.0 Å². The van der Waals surface area contributed by atoms with E-state index in [2.05, 4.69) is 11.9 Å². The molecule has 0 saturated carbocycles. The van der Waals surface area contributed by atoms with Gasteiger partial charge in [-0.05, 0) is 81.1 Å². The Labute approximate surface area is 204 Å². The summed E-state index contributed by atoms with van der Waals surface area (Å²) in [4.78, 5) is 17.6. The van der Waals surface area contributed by atoms with Crippen molar-refractivity contribution in [2.45, 2.75) is 56.4 Å². The fourth-order valence-corrected chi connectivity index (χ4v) is 6.43. The highest BCUT2D eigenvalue weighted by molar-refractivity contribution is 8.00. The molecule has 1 amide bonds. The van der Waals surface area contributed by atoms with Gasteiger partial charge in [0.25, 0.3) is 5.91 Å². The lowest BCUT2D eigenvalue weighted by Gasteiger charge is -2.36. The number of carbonyl (C=O) groups is 1. The zero-order chi connectivity index (χ0) is 22.5. The van der Waals surface area contributed by atoms with E-state index in [-0.39, 0.29) is 12.0 Å². The van der Waals surface area contributed by atoms with Gasteiger partial charge in [0.1, 0.15) is 23.7 Å². The van der Waals surface area contributed by atoms with E-state index in [4.69, 9.17) is 21.1 Å². The number of ether oxygens (including phenoxy) is 2. The van der Waals surface area contributed by atoms with Crippen molar-refractivity contribution in [1.82, 2.24) is 4.90 Å². The summed E-state index contributed by atoms with van der Waals surface area (Å²) >= 11 is 8.53. The molecule has 3 saturated heterocycles. The maximum atomic E-state index is 13.2. The van der Waals surface area contributed by atoms with E-state index in [1.54, 1.807) is 0 Å². The first-order chi connectivity index (χ1) is 16.0. The fourth-order valence-electron chi connectivity index (χ4n) is 5.65. The van der Waals surface area contributed by atoms with Crippen molar-refractivity contribution in [3.8, 4) is 11.5 Å². The Morgan fingerprint density at radius 1 is 1.00 bits per heavy atom. The molecule has 174 valence electrons. The number of rotatable bonds is 5. The predicted molar refractivity (Wildman–Crippen MR) is 133 cm³/mol. The Hall–Kier alpha value is -1.89. The third-order valence-electron chi connectivity index (χ3n) is 7.64. The van der Waals surface area contributed by atoms with Gasteiger partial charge in [0.2, 0.25) is 0 Å². The lowest BCUT2D eigenvalue weighted by Crippen LogP contribution is -2.43. The Morgan fingerprint density at radius 2 is 1.79 bits per heavy atom. The van der Waals surface area contributed by atoms with Crippen LogP contribution in [0.1, 0.15) is 41.6 Å². The summed E-state index contributed by atoms with van der Waals surface area (Å²) in [7, 11) is 2.23. The van der Waals surface area contributed by atoms with E-state index in [1.807, 2.05) is 53.1 Å². The Balaban J connectivity index is 1.15. The van der Waals surface area contributed by atoms with Crippen LogP contribution in [0.25, 0.3) is 0 Å². The summed E-state index contributed by atoms with van der Waals surface area (Å²) in [5.74, 6) is 3.69. The highest BCUT2D eigenvalue weighted by Gasteiger charge is 2.39. The molecule has 3 atom stereocenters. The zero-order valence-corrected chi connectivity index (χ0v) is 20.4. The first kappa shape index (κ1) is 21.6. The van der Waals surface area contributed by atoms with Crippen LogP contribution in [0.2, 0.25) is 5.02 Å². The number of thioether (sulfide) groups is 1. The van der Waals surface area contributed by atoms with Crippen LogP contribution < -0.4 is 14.4 Å². The molecule has 0 aliphatic carbocycles. The van der Waals surface area contributed by atoms with Gasteiger partial charge in [-0.25, -0.2) is 0 Å². The molecule has 7 heteroatoms. The Morgan fingerprint density at radius 3 is 2.48 bits per heavy atom. The monoisotopic (exact) mass is 484 g/mol. The van der Waals surface area contributed by atoms with E-state index >= 15 is 0 Å². The fraction of sp³-hybridized carbons (Fsp3) is 0.500. The molecule has 0 unspecified atom stereocenters. The number of benzene rings is 2. The Kier molecular flexibility index (Phi) is 5.71. The molecule has 0 aromatic heterocycles. The van der Waals surface area contributed by atoms with Crippen LogP contribution in [-0.4, -0.2) is 60.2 Å². The number of halogens is 1. The highest BCUT2D eigenvalue weighted by atomic mass is 35.5. The Bertz CT molecular complexity index is 1060. The van der Waals surface area contributed by atoms with Crippen molar-refractivity contribution in [2.75, 3.05) is 30.0 Å². The molecule has 2 aromatic carbocycles. The van der Waals surface area contributed by atoms with Crippen LogP contribution in [0.15, 0.2) is 36.4 Å². The average Bonchev–Trinajstić information content (AvgIpc) is 2.98. The SMILES string of the molecule is CN1[C@@H]2CC[C@H]1C[C@H](Oc1ccc(N3CCc4cc(OC5CSC5)ccc4C3=O)cc1Cl)C2. The summed E-state index contributed by atoms with van der Waals surface area (Å²) in [5, 5.41) is 0.569. The summed E-state index contributed by atoms with van der Waals surface area (Å²) in [6, 6.07) is 12.8. The number of piperidine rings is 1. The van der Waals surface area contributed by atoms with Gasteiger partial charge in [-0.2, -0.15) is 11.8 Å². The second-order valence-electron chi connectivity index (χ2n) is 9.68. The van der Waals surface area contributed by atoms with Gasteiger partial charge in [0, 0.05) is 41.4 Å². The number of carbonyl (C=O) groups excluding carboxylic acids is 1. The summed E-state index contributed by atoms with van der Waals surface area (Å²) in [6.07, 6.45) is 5.94. The molecule has 33 heavy (non-hydrogen) atoms. The number of hydrogen-bond donors (Lipinski definition) is 0. The first-order valence-electron chi connectivity index (χ1n) is 11.9. The zero-order valence-electron chi connectivity index (χ0n) is 18.8. The molecule has 5 nitrogen and oxygen atoms in total. The van der Waals surface area contributed by atoms with E-state index in [9.17, 15) is 4.79 Å². The first-order valence-corrected chi connectivity index (χ1v) is 13.5. The van der Waals surface area contributed by atoms with E-state index < -0.39 is 0 Å². The van der Waals surface area contributed by atoms with Crippen LogP contribution >= 0.6 is 23.4 Å². The van der Waals surface area contributed by atoms with Crippen LogP contribution in [-0.2, 0) is 6.42 Å². The lowest BCUT2D eigenvalue weighted by molar-refractivity contribution is 0.0662. The molecule has 2 aromatic rings. The van der Waals surface area contributed by atoms with Crippen LogP contribution in [0.5, 0.6) is 11.5 Å². The molecule has 4 heterocycles. The smallest absolute Gasteiger partial charge is 0.258 e.